The van der Waals surface area contributed by atoms with Crippen molar-refractivity contribution in [2.24, 2.45) is 0 Å². The van der Waals surface area contributed by atoms with E-state index in [1.54, 1.807) is 0 Å². The molecule has 88 valence electrons. The predicted molar refractivity (Wildman–Crippen MR) is 60.8 cm³/mol. The van der Waals surface area contributed by atoms with E-state index in [9.17, 15) is 16.8 Å². The number of nitrogens with one attached hydrogen (secondary N) is 2. The summed E-state index contributed by atoms with van der Waals surface area (Å²) in [7, 11) is -5.40. The molecule has 0 aromatic carbocycles. The van der Waals surface area contributed by atoms with E-state index in [2.05, 4.69) is 22.3 Å². The van der Waals surface area contributed by atoms with Gasteiger partial charge in [-0.15, -0.1) is 0 Å². The number of hydrogen-bond donors (Lipinski definition) is 2. The van der Waals surface area contributed by atoms with E-state index >= 15 is 0 Å². The first-order valence-corrected chi connectivity index (χ1v) is 7.98. The van der Waals surface area contributed by atoms with Gasteiger partial charge >= 0.3 is 0 Å². The highest BCUT2D eigenvalue weighted by Crippen LogP contribution is 2.17. The molecule has 0 aromatic rings. The van der Waals surface area contributed by atoms with E-state index < -0.39 is 25.1 Å². The largest absolute Gasteiger partial charge is 0.365 e. The smallest absolute Gasteiger partial charge is 0.238 e. The number of sulfonamides is 1. The molecule has 15 heavy (non-hydrogen) atoms. The molecule has 0 unspecified atom stereocenters. The highest BCUT2D eigenvalue weighted by atomic mass is 32.2. The summed E-state index contributed by atoms with van der Waals surface area (Å²) in [5.74, 6) is -0.403. The molecule has 1 aliphatic rings. The van der Waals surface area contributed by atoms with Crippen LogP contribution in [0.2, 0.25) is 0 Å². The molecule has 9 heteroatoms. The zero-order valence-corrected chi connectivity index (χ0v) is 10.5. The Labute approximate surface area is 94.4 Å². The highest BCUT2D eigenvalue weighted by molar-refractivity contribution is 7.96. The summed E-state index contributed by atoms with van der Waals surface area (Å²) in [4.78, 5) is 0. The summed E-state index contributed by atoms with van der Waals surface area (Å²) in [5.41, 5.74) is 0. The van der Waals surface area contributed by atoms with Gasteiger partial charge in [0.15, 0.2) is 14.9 Å². The molecule has 1 atom stereocenters. The third-order valence-corrected chi connectivity index (χ3v) is 6.27. The fourth-order valence-electron chi connectivity index (χ4n) is 1.27. The van der Waals surface area contributed by atoms with Crippen LogP contribution in [0.4, 0.5) is 0 Å². The van der Waals surface area contributed by atoms with Crippen LogP contribution in [0.15, 0.2) is 0 Å². The van der Waals surface area contributed by atoms with E-state index in [0.717, 1.165) is 0 Å². The van der Waals surface area contributed by atoms with Crippen LogP contribution in [0.1, 0.15) is 6.42 Å². The number of rotatable bonds is 2. The van der Waals surface area contributed by atoms with E-state index in [1.165, 1.54) is 7.05 Å². The van der Waals surface area contributed by atoms with Crippen molar-refractivity contribution in [3.05, 3.63) is 0 Å². The molecule has 0 aliphatic carbocycles. The van der Waals surface area contributed by atoms with Crippen LogP contribution in [0.5, 0.6) is 0 Å². The molecule has 2 N–H and O–H groups in total. The lowest BCUT2D eigenvalue weighted by molar-refractivity contribution is 0.578. The van der Waals surface area contributed by atoms with Gasteiger partial charge in [-0.25, -0.2) is 16.8 Å². The highest BCUT2D eigenvalue weighted by Gasteiger charge is 2.37. The fourth-order valence-corrected chi connectivity index (χ4v) is 5.60. The minimum atomic E-state index is -3.68. The van der Waals surface area contributed by atoms with Gasteiger partial charge in [-0.05, 0) is 18.6 Å². The number of thiocarbonyl (C=S) groups is 1. The van der Waals surface area contributed by atoms with Crippen LogP contribution in [0, 0.1) is 0 Å². The van der Waals surface area contributed by atoms with Crippen LogP contribution >= 0.6 is 12.2 Å². The molecule has 1 saturated heterocycles. The molecule has 0 bridgehead atoms. The Bertz CT molecular complexity index is 453. The van der Waals surface area contributed by atoms with Crippen LogP contribution in [-0.4, -0.2) is 45.8 Å². The van der Waals surface area contributed by atoms with Crippen molar-refractivity contribution >= 4 is 37.2 Å². The number of hydrogen-bond acceptors (Lipinski definition) is 5. The summed E-state index contributed by atoms with van der Waals surface area (Å²) in [6.45, 7) is 0. The minimum Gasteiger partial charge on any atom is -0.365 e. The Kier molecular flexibility index (Phi) is 3.56. The molecule has 0 radical (unpaired) electrons. The maximum Gasteiger partial charge on any atom is 0.238 e. The summed E-state index contributed by atoms with van der Waals surface area (Å²) < 4.78 is 47.5. The SMILES string of the molecule is CNC(=S)NS(=O)(=O)[C@@H]1CCS(=O)(=O)C1. The van der Waals surface area contributed by atoms with E-state index in [1.807, 2.05) is 0 Å². The second-order valence-electron chi connectivity index (χ2n) is 3.25. The van der Waals surface area contributed by atoms with Crippen molar-refractivity contribution in [3.8, 4) is 0 Å². The Morgan fingerprint density at radius 3 is 2.47 bits per heavy atom. The molecule has 0 aromatic heterocycles. The summed E-state index contributed by atoms with van der Waals surface area (Å²) in [5, 5.41) is 1.53. The molecule has 1 rings (SSSR count). The molecule has 6 nitrogen and oxygen atoms in total. The van der Waals surface area contributed by atoms with Gasteiger partial charge < -0.3 is 5.32 Å². The van der Waals surface area contributed by atoms with Crippen LogP contribution < -0.4 is 10.0 Å². The maximum atomic E-state index is 11.6. The first kappa shape index (κ1) is 12.7. The van der Waals surface area contributed by atoms with Crippen molar-refractivity contribution in [2.75, 3.05) is 18.6 Å². The molecule has 1 fully saturated rings. The molecule has 0 amide bonds. The average molecular weight is 272 g/mol. The zero-order valence-electron chi connectivity index (χ0n) is 8.06. The lowest BCUT2D eigenvalue weighted by Gasteiger charge is -2.12. The van der Waals surface area contributed by atoms with Gasteiger partial charge in [-0.3, -0.25) is 4.72 Å². The lowest BCUT2D eigenvalue weighted by Crippen LogP contribution is -2.42. The van der Waals surface area contributed by atoms with Crippen molar-refractivity contribution in [2.45, 2.75) is 11.7 Å². The Morgan fingerprint density at radius 2 is 2.07 bits per heavy atom. The average Bonchev–Trinajstić information content (AvgIpc) is 2.45. The summed E-state index contributed by atoms with van der Waals surface area (Å²) in [6.07, 6.45) is 0.129. The van der Waals surface area contributed by atoms with Crippen LogP contribution in [0.3, 0.4) is 0 Å². The van der Waals surface area contributed by atoms with Crippen molar-refractivity contribution in [1.82, 2.24) is 10.0 Å². The maximum absolute atomic E-state index is 11.6. The van der Waals surface area contributed by atoms with E-state index in [-0.39, 0.29) is 23.0 Å². The molecule has 0 spiro atoms. The molecular weight excluding hydrogens is 260 g/mol. The molecule has 0 saturated carbocycles. The predicted octanol–water partition coefficient (Wildman–Crippen LogP) is -1.40. The molecule has 1 aliphatic heterocycles. The molecular formula is C6H12N2O4S3. The lowest BCUT2D eigenvalue weighted by atomic mass is 10.4. The second kappa shape index (κ2) is 4.22. The van der Waals surface area contributed by atoms with Gasteiger partial charge in [0.05, 0.1) is 16.8 Å². The first-order valence-electron chi connectivity index (χ1n) is 4.20. The Hall–Kier alpha value is -0.410. The minimum absolute atomic E-state index is 0.0284. The van der Waals surface area contributed by atoms with E-state index in [4.69, 9.17) is 0 Å². The van der Waals surface area contributed by atoms with Gasteiger partial charge in [-0.2, -0.15) is 0 Å². The zero-order chi connectivity index (χ0) is 11.7. The van der Waals surface area contributed by atoms with Crippen LogP contribution in [-0.2, 0) is 19.9 Å². The normalized spacial score (nSPS) is 24.7. The monoisotopic (exact) mass is 272 g/mol. The van der Waals surface area contributed by atoms with Gasteiger partial charge in [0.25, 0.3) is 0 Å². The van der Waals surface area contributed by atoms with Gasteiger partial charge in [0, 0.05) is 7.05 Å². The van der Waals surface area contributed by atoms with Gasteiger partial charge in [-0.1, -0.05) is 0 Å². The number of sulfone groups is 1. The topological polar surface area (TPSA) is 92.3 Å². The van der Waals surface area contributed by atoms with E-state index in [0.29, 0.717) is 0 Å². The van der Waals surface area contributed by atoms with Crippen molar-refractivity contribution in [3.63, 3.8) is 0 Å². The van der Waals surface area contributed by atoms with Gasteiger partial charge in [0.1, 0.15) is 0 Å². The van der Waals surface area contributed by atoms with Crippen molar-refractivity contribution < 1.29 is 16.8 Å². The van der Waals surface area contributed by atoms with Crippen LogP contribution in [0.25, 0.3) is 0 Å². The van der Waals surface area contributed by atoms with Crippen molar-refractivity contribution in [1.29, 1.82) is 0 Å². The third-order valence-electron chi connectivity index (χ3n) is 2.09. The summed E-state index contributed by atoms with van der Waals surface area (Å²) >= 11 is 4.65. The first-order chi connectivity index (χ1) is 6.77. The quantitative estimate of drug-likeness (QED) is 0.601. The Morgan fingerprint density at radius 1 is 1.47 bits per heavy atom. The van der Waals surface area contributed by atoms with Gasteiger partial charge in [0.2, 0.25) is 10.0 Å². The third kappa shape index (κ3) is 3.28. The summed E-state index contributed by atoms with van der Waals surface area (Å²) in [6, 6.07) is 0. The molecule has 1 heterocycles. The standard InChI is InChI=1S/C6H12N2O4S3/c1-7-6(13)8-15(11,12)5-2-3-14(9,10)4-5/h5H,2-4H2,1H3,(H2,7,8,13)/t5-/m1/s1. The fraction of sp³-hybridized carbons (Fsp3) is 0.833. The Balaban J connectivity index is 2.77. The second-order valence-corrected chi connectivity index (χ2v) is 7.85.